The first kappa shape index (κ1) is 11.4. The maximum Gasteiger partial charge on any atom is 0.121 e. The van der Waals surface area contributed by atoms with Crippen molar-refractivity contribution in [2.45, 2.75) is 38.8 Å². The Kier molecular flexibility index (Phi) is 3.11. The van der Waals surface area contributed by atoms with Crippen LogP contribution in [0.15, 0.2) is 28.9 Å². The Morgan fingerprint density at radius 3 is 2.89 bits per heavy atom. The van der Waals surface area contributed by atoms with Crippen LogP contribution in [0.5, 0.6) is 0 Å². The number of hydrogen-bond acceptors (Lipinski definition) is 4. The van der Waals surface area contributed by atoms with Gasteiger partial charge in [-0.15, -0.1) is 0 Å². The second-order valence-electron chi connectivity index (χ2n) is 4.89. The third-order valence-electron chi connectivity index (χ3n) is 3.65. The average molecular weight is 243 g/mol. The molecule has 1 aliphatic carbocycles. The van der Waals surface area contributed by atoms with Crippen molar-refractivity contribution in [3.8, 4) is 0 Å². The molecule has 0 saturated heterocycles. The van der Waals surface area contributed by atoms with Crippen LogP contribution in [-0.2, 0) is 19.4 Å². The van der Waals surface area contributed by atoms with Crippen LogP contribution in [0.4, 0.5) is 0 Å². The predicted molar refractivity (Wildman–Crippen MR) is 68.1 cm³/mol. The SMILES string of the molecule is Cc1nonc1CNC1CCc2ccccc2C1. The topological polar surface area (TPSA) is 51.0 Å². The lowest BCUT2D eigenvalue weighted by atomic mass is 9.88. The molecule has 0 saturated carbocycles. The van der Waals surface area contributed by atoms with Crippen LogP contribution in [-0.4, -0.2) is 16.4 Å². The van der Waals surface area contributed by atoms with E-state index in [-0.39, 0.29) is 0 Å². The van der Waals surface area contributed by atoms with Gasteiger partial charge in [0.2, 0.25) is 0 Å². The first-order chi connectivity index (χ1) is 8.83. The van der Waals surface area contributed by atoms with Gasteiger partial charge < -0.3 is 5.32 Å². The Labute approximate surface area is 106 Å². The highest BCUT2D eigenvalue weighted by Crippen LogP contribution is 2.21. The molecule has 3 rings (SSSR count). The van der Waals surface area contributed by atoms with E-state index < -0.39 is 0 Å². The van der Waals surface area contributed by atoms with Crippen molar-refractivity contribution in [1.29, 1.82) is 0 Å². The summed E-state index contributed by atoms with van der Waals surface area (Å²) in [6, 6.07) is 9.23. The van der Waals surface area contributed by atoms with Gasteiger partial charge in [0.1, 0.15) is 11.4 Å². The summed E-state index contributed by atoms with van der Waals surface area (Å²) >= 11 is 0. The maximum absolute atomic E-state index is 4.70. The summed E-state index contributed by atoms with van der Waals surface area (Å²) in [5, 5.41) is 11.2. The number of rotatable bonds is 3. The normalized spacial score (nSPS) is 18.6. The van der Waals surface area contributed by atoms with Crippen LogP contribution < -0.4 is 5.32 Å². The van der Waals surface area contributed by atoms with E-state index in [1.165, 1.54) is 17.5 Å². The predicted octanol–water partition coefficient (Wildman–Crippen LogP) is 2.03. The van der Waals surface area contributed by atoms with Gasteiger partial charge in [-0.3, -0.25) is 0 Å². The highest BCUT2D eigenvalue weighted by Gasteiger charge is 2.18. The molecule has 1 aromatic heterocycles. The highest BCUT2D eigenvalue weighted by molar-refractivity contribution is 5.30. The van der Waals surface area contributed by atoms with E-state index in [0.717, 1.165) is 30.8 Å². The monoisotopic (exact) mass is 243 g/mol. The third-order valence-corrected chi connectivity index (χ3v) is 3.65. The zero-order chi connectivity index (χ0) is 12.4. The van der Waals surface area contributed by atoms with Crippen LogP contribution in [0.1, 0.15) is 28.9 Å². The zero-order valence-corrected chi connectivity index (χ0v) is 10.5. The van der Waals surface area contributed by atoms with Gasteiger partial charge in [0.25, 0.3) is 0 Å². The molecule has 1 aromatic carbocycles. The Balaban J connectivity index is 1.61. The molecule has 4 heteroatoms. The van der Waals surface area contributed by atoms with Gasteiger partial charge >= 0.3 is 0 Å². The molecule has 1 heterocycles. The molecule has 1 unspecified atom stereocenters. The van der Waals surface area contributed by atoms with Crippen molar-refractivity contribution in [1.82, 2.24) is 15.6 Å². The van der Waals surface area contributed by atoms with Crippen LogP contribution in [0.25, 0.3) is 0 Å². The van der Waals surface area contributed by atoms with Crippen molar-refractivity contribution >= 4 is 0 Å². The molecule has 1 aliphatic rings. The summed E-state index contributed by atoms with van der Waals surface area (Å²) in [5.41, 5.74) is 4.75. The fraction of sp³-hybridized carbons (Fsp3) is 0.429. The third kappa shape index (κ3) is 2.29. The Bertz CT molecular complexity index is 535. The minimum Gasteiger partial charge on any atom is -0.308 e. The highest BCUT2D eigenvalue weighted by atomic mass is 16.6. The van der Waals surface area contributed by atoms with Crippen LogP contribution in [0, 0.1) is 6.92 Å². The van der Waals surface area contributed by atoms with Crippen LogP contribution in [0.3, 0.4) is 0 Å². The van der Waals surface area contributed by atoms with Crippen molar-refractivity contribution in [3.05, 3.63) is 46.8 Å². The first-order valence-corrected chi connectivity index (χ1v) is 6.41. The van der Waals surface area contributed by atoms with Crippen LogP contribution >= 0.6 is 0 Å². The summed E-state index contributed by atoms with van der Waals surface area (Å²) in [6.07, 6.45) is 3.44. The molecular formula is C14H17N3O. The Hall–Kier alpha value is -1.68. The molecule has 94 valence electrons. The van der Waals surface area contributed by atoms with Crippen molar-refractivity contribution < 1.29 is 4.63 Å². The molecule has 0 aliphatic heterocycles. The van der Waals surface area contributed by atoms with Crippen molar-refractivity contribution in [3.63, 3.8) is 0 Å². The minimum atomic E-state index is 0.524. The molecule has 1 N–H and O–H groups in total. The molecule has 2 aromatic rings. The molecule has 0 radical (unpaired) electrons. The molecule has 0 spiro atoms. The molecule has 1 atom stereocenters. The number of hydrogen-bond donors (Lipinski definition) is 1. The lowest BCUT2D eigenvalue weighted by Crippen LogP contribution is -2.34. The number of aromatic nitrogens is 2. The van der Waals surface area contributed by atoms with E-state index in [4.69, 9.17) is 4.63 Å². The lowest BCUT2D eigenvalue weighted by Gasteiger charge is -2.25. The van der Waals surface area contributed by atoms with Gasteiger partial charge in [-0.25, -0.2) is 4.63 Å². The molecule has 4 nitrogen and oxygen atoms in total. The number of aryl methyl sites for hydroxylation is 2. The summed E-state index contributed by atoms with van der Waals surface area (Å²) in [7, 11) is 0. The fourth-order valence-electron chi connectivity index (χ4n) is 2.52. The number of fused-ring (bicyclic) bond motifs is 1. The maximum atomic E-state index is 4.70. The quantitative estimate of drug-likeness (QED) is 0.896. The van der Waals surface area contributed by atoms with E-state index in [0.29, 0.717) is 6.04 Å². The molecule has 0 bridgehead atoms. The van der Waals surface area contributed by atoms with Gasteiger partial charge in [-0.1, -0.05) is 34.6 Å². The number of nitrogens with zero attached hydrogens (tertiary/aromatic N) is 2. The van der Waals surface area contributed by atoms with E-state index in [1.807, 2.05) is 6.92 Å². The second-order valence-corrected chi connectivity index (χ2v) is 4.89. The van der Waals surface area contributed by atoms with Gasteiger partial charge in [-0.05, 0) is 37.3 Å². The van der Waals surface area contributed by atoms with Crippen molar-refractivity contribution in [2.24, 2.45) is 0 Å². The molecule has 18 heavy (non-hydrogen) atoms. The summed E-state index contributed by atoms with van der Waals surface area (Å²) in [6.45, 7) is 2.66. The van der Waals surface area contributed by atoms with Gasteiger partial charge in [0.05, 0.1) is 0 Å². The zero-order valence-electron chi connectivity index (χ0n) is 10.5. The van der Waals surface area contributed by atoms with E-state index in [2.05, 4.69) is 39.9 Å². The van der Waals surface area contributed by atoms with Gasteiger partial charge in [-0.2, -0.15) is 0 Å². The average Bonchev–Trinajstić information content (AvgIpc) is 2.82. The standard InChI is InChI=1S/C14H17N3O/c1-10-14(17-18-16-10)9-15-13-7-6-11-4-2-3-5-12(11)8-13/h2-5,13,15H,6-9H2,1H3. The first-order valence-electron chi connectivity index (χ1n) is 6.41. The van der Waals surface area contributed by atoms with Gasteiger partial charge in [0.15, 0.2) is 0 Å². The summed E-state index contributed by atoms with van der Waals surface area (Å²) < 4.78 is 4.70. The largest absolute Gasteiger partial charge is 0.308 e. The second kappa shape index (κ2) is 4.90. The Morgan fingerprint density at radius 2 is 2.11 bits per heavy atom. The molecular weight excluding hydrogens is 226 g/mol. The minimum absolute atomic E-state index is 0.524. The Morgan fingerprint density at radius 1 is 1.28 bits per heavy atom. The smallest absolute Gasteiger partial charge is 0.121 e. The van der Waals surface area contributed by atoms with Crippen LogP contribution in [0.2, 0.25) is 0 Å². The molecule has 0 amide bonds. The van der Waals surface area contributed by atoms with E-state index >= 15 is 0 Å². The van der Waals surface area contributed by atoms with E-state index in [9.17, 15) is 0 Å². The van der Waals surface area contributed by atoms with Gasteiger partial charge in [0, 0.05) is 12.6 Å². The fourth-order valence-corrected chi connectivity index (χ4v) is 2.52. The summed E-state index contributed by atoms with van der Waals surface area (Å²) in [4.78, 5) is 0. The van der Waals surface area contributed by atoms with Crippen molar-refractivity contribution in [2.75, 3.05) is 0 Å². The summed E-state index contributed by atoms with van der Waals surface area (Å²) in [5.74, 6) is 0. The number of benzene rings is 1. The number of nitrogens with one attached hydrogen (secondary N) is 1. The lowest BCUT2D eigenvalue weighted by molar-refractivity contribution is 0.299. The van der Waals surface area contributed by atoms with E-state index in [1.54, 1.807) is 0 Å². The molecule has 0 fully saturated rings.